The third-order valence-corrected chi connectivity index (χ3v) is 7.51. The standard InChI is InChI=1S/C27H32F2N6O3/c28-27(29)35-23-14-19(4-5-20(23)15-31-35)25(36)33-22(26(37)38)10-13-34-12-9-17(16-34)3-7-21-8-6-18-2-1-11-30-24(18)32-21/h4-6,8,14-15,17,22,27H,1-3,7,9-13,16H2,(H,30,32)(H,33,36)(H,37,38)/t17-,22+/m0/s1. The lowest BCUT2D eigenvalue weighted by atomic mass is 10.00. The normalized spacial score (nSPS) is 18.3. The zero-order chi connectivity index (χ0) is 26.6. The van der Waals surface area contributed by atoms with Crippen molar-refractivity contribution in [2.24, 2.45) is 5.92 Å². The number of pyridine rings is 1. The van der Waals surface area contributed by atoms with Gasteiger partial charge in [-0.3, -0.25) is 4.79 Å². The Bertz CT molecular complexity index is 1310. The van der Waals surface area contributed by atoms with E-state index in [1.54, 1.807) is 0 Å². The molecule has 1 fully saturated rings. The van der Waals surface area contributed by atoms with Crippen molar-refractivity contribution in [1.82, 2.24) is 25.0 Å². The first-order valence-electron chi connectivity index (χ1n) is 13.1. The van der Waals surface area contributed by atoms with Crippen LogP contribution in [-0.4, -0.2) is 68.9 Å². The first kappa shape index (κ1) is 26.0. The van der Waals surface area contributed by atoms with Gasteiger partial charge in [-0.25, -0.2) is 14.5 Å². The second kappa shape index (κ2) is 11.4. The van der Waals surface area contributed by atoms with Crippen LogP contribution in [0.25, 0.3) is 10.9 Å². The lowest BCUT2D eigenvalue weighted by Gasteiger charge is -2.20. The fourth-order valence-electron chi connectivity index (χ4n) is 5.36. The Kier molecular flexibility index (Phi) is 7.82. The molecule has 4 heterocycles. The molecule has 3 N–H and O–H groups in total. The summed E-state index contributed by atoms with van der Waals surface area (Å²) in [6.07, 6.45) is 6.75. The smallest absolute Gasteiger partial charge is 0.333 e. The van der Waals surface area contributed by atoms with Crippen molar-refractivity contribution in [3.05, 3.63) is 53.3 Å². The van der Waals surface area contributed by atoms with Crippen molar-refractivity contribution in [2.75, 3.05) is 31.5 Å². The molecule has 0 spiro atoms. The number of amides is 1. The Labute approximate surface area is 219 Å². The Hall–Kier alpha value is -3.60. The first-order valence-corrected chi connectivity index (χ1v) is 13.1. The number of aliphatic carboxylic acids is 1. The number of benzene rings is 1. The first-order chi connectivity index (χ1) is 18.4. The van der Waals surface area contributed by atoms with E-state index in [0.29, 0.717) is 22.5 Å². The molecule has 38 heavy (non-hydrogen) atoms. The molecule has 9 nitrogen and oxygen atoms in total. The molecule has 3 aromatic rings. The summed E-state index contributed by atoms with van der Waals surface area (Å²) in [5.74, 6) is -0.208. The number of anilines is 1. The van der Waals surface area contributed by atoms with Crippen molar-refractivity contribution in [2.45, 2.75) is 51.1 Å². The molecular weight excluding hydrogens is 494 g/mol. The van der Waals surface area contributed by atoms with Gasteiger partial charge in [-0.2, -0.15) is 13.9 Å². The van der Waals surface area contributed by atoms with E-state index in [1.807, 2.05) is 0 Å². The topological polar surface area (TPSA) is 112 Å². The molecule has 1 aromatic carbocycles. The average Bonchev–Trinajstić information content (AvgIpc) is 3.56. The largest absolute Gasteiger partial charge is 0.480 e. The van der Waals surface area contributed by atoms with Crippen LogP contribution in [0.4, 0.5) is 14.6 Å². The minimum Gasteiger partial charge on any atom is -0.480 e. The molecule has 1 saturated heterocycles. The zero-order valence-electron chi connectivity index (χ0n) is 21.1. The van der Waals surface area contributed by atoms with Crippen molar-refractivity contribution < 1.29 is 23.5 Å². The Morgan fingerprint density at radius 1 is 1.24 bits per heavy atom. The van der Waals surface area contributed by atoms with Crippen LogP contribution in [-0.2, 0) is 17.6 Å². The number of hydrogen-bond acceptors (Lipinski definition) is 6. The number of carboxylic acid groups (broad SMARTS) is 1. The van der Waals surface area contributed by atoms with Gasteiger partial charge in [0.25, 0.3) is 5.91 Å². The van der Waals surface area contributed by atoms with Crippen LogP contribution >= 0.6 is 0 Å². The van der Waals surface area contributed by atoms with Crippen LogP contribution in [0, 0.1) is 5.92 Å². The number of alkyl halides is 2. The maximum absolute atomic E-state index is 13.2. The van der Waals surface area contributed by atoms with Crippen molar-refractivity contribution in [3.63, 3.8) is 0 Å². The maximum Gasteiger partial charge on any atom is 0.333 e. The van der Waals surface area contributed by atoms with Crippen LogP contribution < -0.4 is 10.6 Å². The van der Waals surface area contributed by atoms with E-state index in [-0.39, 0.29) is 17.5 Å². The minimum absolute atomic E-state index is 0.110. The molecule has 2 aromatic heterocycles. The number of aryl methyl sites for hydroxylation is 2. The number of aromatic nitrogens is 3. The molecule has 202 valence electrons. The summed E-state index contributed by atoms with van der Waals surface area (Å²) in [5.41, 5.74) is 2.61. The third kappa shape index (κ3) is 5.93. The fourth-order valence-corrected chi connectivity index (χ4v) is 5.36. The molecule has 0 radical (unpaired) electrons. The maximum atomic E-state index is 13.2. The summed E-state index contributed by atoms with van der Waals surface area (Å²) in [6.45, 7) is 0.453. The third-order valence-electron chi connectivity index (χ3n) is 7.51. The molecule has 5 rings (SSSR count). The van der Waals surface area contributed by atoms with Crippen LogP contribution in [0.15, 0.2) is 36.5 Å². The SMILES string of the molecule is O=C(N[C@H](CCN1CC[C@H](CCc2ccc3c(n2)NCCC3)C1)C(=O)O)c1ccc2cnn(C(F)F)c2c1. The summed E-state index contributed by atoms with van der Waals surface area (Å²) >= 11 is 0. The number of fused-ring (bicyclic) bond motifs is 2. The summed E-state index contributed by atoms with van der Waals surface area (Å²) in [6, 6.07) is 7.53. The number of nitrogens with zero attached hydrogens (tertiary/aromatic N) is 4. The molecule has 0 saturated carbocycles. The molecule has 0 bridgehead atoms. The number of halogens is 2. The van der Waals surface area contributed by atoms with Gasteiger partial charge in [0.15, 0.2) is 0 Å². The molecular formula is C27H32F2N6O3. The van der Waals surface area contributed by atoms with Gasteiger partial charge in [-0.1, -0.05) is 12.1 Å². The van der Waals surface area contributed by atoms with E-state index in [1.165, 1.54) is 30.0 Å². The van der Waals surface area contributed by atoms with Gasteiger partial charge in [0, 0.05) is 36.3 Å². The quantitative estimate of drug-likeness (QED) is 0.369. The monoisotopic (exact) mass is 526 g/mol. The average molecular weight is 527 g/mol. The number of likely N-dealkylation sites (tertiary alicyclic amines) is 1. The van der Waals surface area contributed by atoms with Gasteiger partial charge in [-0.05, 0) is 74.8 Å². The van der Waals surface area contributed by atoms with Gasteiger partial charge in [0.1, 0.15) is 11.9 Å². The van der Waals surface area contributed by atoms with E-state index in [0.717, 1.165) is 63.3 Å². The van der Waals surface area contributed by atoms with Crippen LogP contribution in [0.1, 0.15) is 53.8 Å². The van der Waals surface area contributed by atoms with Crippen molar-refractivity contribution >= 4 is 28.6 Å². The van der Waals surface area contributed by atoms with E-state index >= 15 is 0 Å². The van der Waals surface area contributed by atoms with Gasteiger partial charge in [0.05, 0.1) is 11.7 Å². The number of carbonyl (C=O) groups excluding carboxylic acids is 1. The summed E-state index contributed by atoms with van der Waals surface area (Å²) in [4.78, 5) is 31.6. The van der Waals surface area contributed by atoms with Crippen molar-refractivity contribution in [3.8, 4) is 0 Å². The summed E-state index contributed by atoms with van der Waals surface area (Å²) in [7, 11) is 0. The highest BCUT2D eigenvalue weighted by Gasteiger charge is 2.26. The zero-order valence-corrected chi connectivity index (χ0v) is 21.1. The Morgan fingerprint density at radius 2 is 2.11 bits per heavy atom. The van der Waals surface area contributed by atoms with E-state index < -0.39 is 24.5 Å². The number of nitrogens with one attached hydrogen (secondary N) is 2. The minimum atomic E-state index is -2.84. The van der Waals surface area contributed by atoms with Gasteiger partial charge in [0.2, 0.25) is 0 Å². The van der Waals surface area contributed by atoms with E-state index in [4.69, 9.17) is 4.98 Å². The molecule has 1 amide bonds. The highest BCUT2D eigenvalue weighted by molar-refractivity contribution is 5.99. The number of hydrogen-bond donors (Lipinski definition) is 3. The molecule has 2 atom stereocenters. The highest BCUT2D eigenvalue weighted by Crippen LogP contribution is 2.25. The second-order valence-electron chi connectivity index (χ2n) is 10.1. The predicted octanol–water partition coefficient (Wildman–Crippen LogP) is 3.71. The summed E-state index contributed by atoms with van der Waals surface area (Å²) in [5, 5.41) is 19.7. The molecule has 2 aliphatic rings. The highest BCUT2D eigenvalue weighted by atomic mass is 19.3. The molecule has 2 aliphatic heterocycles. The van der Waals surface area contributed by atoms with Crippen LogP contribution in [0.2, 0.25) is 0 Å². The molecule has 0 unspecified atom stereocenters. The van der Waals surface area contributed by atoms with Crippen LogP contribution in [0.3, 0.4) is 0 Å². The van der Waals surface area contributed by atoms with Crippen LogP contribution in [0.5, 0.6) is 0 Å². The molecule has 11 heteroatoms. The molecule has 0 aliphatic carbocycles. The fraction of sp³-hybridized carbons (Fsp3) is 0.481. The summed E-state index contributed by atoms with van der Waals surface area (Å²) < 4.78 is 26.9. The number of carboxylic acids is 1. The van der Waals surface area contributed by atoms with Gasteiger partial charge < -0.3 is 20.6 Å². The number of rotatable bonds is 10. The van der Waals surface area contributed by atoms with Gasteiger partial charge >= 0.3 is 12.5 Å². The number of carbonyl (C=O) groups is 2. The lowest BCUT2D eigenvalue weighted by Crippen LogP contribution is -2.43. The lowest BCUT2D eigenvalue weighted by molar-refractivity contribution is -0.139. The predicted molar refractivity (Wildman–Crippen MR) is 138 cm³/mol. The Morgan fingerprint density at radius 3 is 2.92 bits per heavy atom. The second-order valence-corrected chi connectivity index (χ2v) is 10.1. The Balaban J connectivity index is 1.11. The van der Waals surface area contributed by atoms with Gasteiger partial charge in [-0.15, -0.1) is 0 Å². The van der Waals surface area contributed by atoms with E-state index in [9.17, 15) is 23.5 Å². The van der Waals surface area contributed by atoms with Crippen molar-refractivity contribution in [1.29, 1.82) is 0 Å². The van der Waals surface area contributed by atoms with E-state index in [2.05, 4.69) is 32.8 Å².